The summed E-state index contributed by atoms with van der Waals surface area (Å²) in [5.41, 5.74) is 0. The van der Waals surface area contributed by atoms with Crippen molar-refractivity contribution in [2.24, 2.45) is 23.7 Å². The molecule has 0 radical (unpaired) electrons. The van der Waals surface area contributed by atoms with Gasteiger partial charge in [0.15, 0.2) is 0 Å². The van der Waals surface area contributed by atoms with Crippen molar-refractivity contribution < 1.29 is 4.74 Å². The Hall–Kier alpha value is -0.0400. The first-order chi connectivity index (χ1) is 16.2. The fourth-order valence-electron chi connectivity index (χ4n) is 5.81. The molecule has 0 aromatic carbocycles. The van der Waals surface area contributed by atoms with E-state index >= 15 is 0 Å². The Kier molecular flexibility index (Phi) is 25.0. The topological polar surface area (TPSA) is 9.23 Å². The molecular weight excluding hydrogens is 400 g/mol. The van der Waals surface area contributed by atoms with E-state index in [4.69, 9.17) is 4.74 Å². The van der Waals surface area contributed by atoms with E-state index in [1.807, 2.05) is 0 Å². The minimum Gasteiger partial charge on any atom is -0.381 e. The van der Waals surface area contributed by atoms with E-state index in [-0.39, 0.29) is 0 Å². The Labute approximate surface area is 211 Å². The highest BCUT2D eigenvalue weighted by atomic mass is 16.5. The molecule has 1 nitrogen and oxygen atoms in total. The first kappa shape index (κ1) is 33.0. The highest BCUT2D eigenvalue weighted by Gasteiger charge is 2.23. The highest BCUT2D eigenvalue weighted by Crippen LogP contribution is 2.31. The molecule has 1 heteroatoms. The molecule has 4 unspecified atom stereocenters. The number of hydrogen-bond donors (Lipinski definition) is 0. The predicted octanol–water partition coefficient (Wildman–Crippen LogP) is 11.4. The summed E-state index contributed by atoms with van der Waals surface area (Å²) in [5.74, 6) is 3.30. The summed E-state index contributed by atoms with van der Waals surface area (Å²) in [6.07, 6.45) is 27.7. The van der Waals surface area contributed by atoms with Crippen LogP contribution in [0.1, 0.15) is 170 Å². The Balaban J connectivity index is 4.90. The molecule has 0 saturated carbocycles. The SMILES string of the molecule is CCCCCCC(COCC(CCCCCC)C(CC)CCCCC)C(CC)CCCCC. The maximum Gasteiger partial charge on any atom is 0.0497 e. The maximum absolute atomic E-state index is 6.65. The van der Waals surface area contributed by atoms with Crippen molar-refractivity contribution in [2.45, 2.75) is 170 Å². The van der Waals surface area contributed by atoms with Crippen LogP contribution < -0.4 is 0 Å². The first-order valence-electron chi connectivity index (χ1n) is 15.8. The van der Waals surface area contributed by atoms with Crippen molar-refractivity contribution in [3.05, 3.63) is 0 Å². The standard InChI is InChI=1S/C32H66O/c1-7-13-17-21-25-31(29(11-5)23-19-15-9-3)27-33-28-32(26-22-18-14-8-2)30(12-6)24-20-16-10-4/h29-32H,7-28H2,1-6H3. The maximum atomic E-state index is 6.65. The molecule has 0 rings (SSSR count). The van der Waals surface area contributed by atoms with Gasteiger partial charge in [-0.25, -0.2) is 0 Å². The van der Waals surface area contributed by atoms with Crippen molar-refractivity contribution >= 4 is 0 Å². The van der Waals surface area contributed by atoms with Crippen LogP contribution in [0.25, 0.3) is 0 Å². The van der Waals surface area contributed by atoms with Gasteiger partial charge in [0.1, 0.15) is 0 Å². The van der Waals surface area contributed by atoms with Crippen molar-refractivity contribution in [1.82, 2.24) is 0 Å². The Morgan fingerprint density at radius 3 is 1.00 bits per heavy atom. The predicted molar refractivity (Wildman–Crippen MR) is 151 cm³/mol. The minimum atomic E-state index is 0.782. The molecule has 0 aromatic heterocycles. The zero-order valence-electron chi connectivity index (χ0n) is 24.3. The average Bonchev–Trinajstić information content (AvgIpc) is 2.83. The van der Waals surface area contributed by atoms with Gasteiger partial charge in [0.05, 0.1) is 0 Å². The lowest BCUT2D eigenvalue weighted by atomic mass is 9.82. The van der Waals surface area contributed by atoms with Crippen molar-refractivity contribution in [3.63, 3.8) is 0 Å². The monoisotopic (exact) mass is 467 g/mol. The highest BCUT2D eigenvalue weighted by molar-refractivity contribution is 4.73. The van der Waals surface area contributed by atoms with Gasteiger partial charge in [-0.15, -0.1) is 0 Å². The fraction of sp³-hybridized carbons (Fsp3) is 1.00. The van der Waals surface area contributed by atoms with E-state index in [0.29, 0.717) is 0 Å². The van der Waals surface area contributed by atoms with Crippen LogP contribution in [0.3, 0.4) is 0 Å². The third-order valence-electron chi connectivity index (χ3n) is 8.26. The average molecular weight is 467 g/mol. The Morgan fingerprint density at radius 1 is 0.364 bits per heavy atom. The molecule has 4 atom stereocenters. The first-order valence-corrected chi connectivity index (χ1v) is 15.8. The van der Waals surface area contributed by atoms with Crippen molar-refractivity contribution in [1.29, 1.82) is 0 Å². The summed E-state index contributed by atoms with van der Waals surface area (Å²) in [5, 5.41) is 0. The summed E-state index contributed by atoms with van der Waals surface area (Å²) in [7, 11) is 0. The third kappa shape index (κ3) is 18.0. The Morgan fingerprint density at radius 2 is 0.667 bits per heavy atom. The van der Waals surface area contributed by atoms with Crippen LogP contribution in [-0.2, 0) is 4.74 Å². The number of unbranched alkanes of at least 4 members (excludes halogenated alkanes) is 10. The lowest BCUT2D eigenvalue weighted by Crippen LogP contribution is -2.25. The Bertz CT molecular complexity index is 332. The second-order valence-corrected chi connectivity index (χ2v) is 11.1. The zero-order chi connectivity index (χ0) is 24.6. The molecule has 0 aliphatic heterocycles. The van der Waals surface area contributed by atoms with Gasteiger partial charge >= 0.3 is 0 Å². The quantitative estimate of drug-likeness (QED) is 0.115. The molecule has 0 spiro atoms. The van der Waals surface area contributed by atoms with Crippen LogP contribution in [0, 0.1) is 23.7 Å². The van der Waals surface area contributed by atoms with Gasteiger partial charge < -0.3 is 4.74 Å². The van der Waals surface area contributed by atoms with E-state index in [1.54, 1.807) is 0 Å². The van der Waals surface area contributed by atoms with Crippen LogP contribution in [0.5, 0.6) is 0 Å². The second kappa shape index (κ2) is 25.1. The smallest absolute Gasteiger partial charge is 0.0497 e. The van der Waals surface area contributed by atoms with E-state index in [2.05, 4.69) is 41.5 Å². The minimum absolute atomic E-state index is 0.782. The summed E-state index contributed by atoms with van der Waals surface area (Å²) in [6.45, 7) is 16.2. The fourth-order valence-corrected chi connectivity index (χ4v) is 5.81. The van der Waals surface area contributed by atoms with E-state index in [0.717, 1.165) is 36.9 Å². The molecule has 0 fully saturated rings. The summed E-state index contributed by atoms with van der Waals surface area (Å²) in [4.78, 5) is 0. The molecule has 0 N–H and O–H groups in total. The van der Waals surface area contributed by atoms with Gasteiger partial charge in [-0.1, -0.05) is 157 Å². The molecule has 0 heterocycles. The van der Waals surface area contributed by atoms with E-state index in [1.165, 1.54) is 128 Å². The van der Waals surface area contributed by atoms with Crippen LogP contribution >= 0.6 is 0 Å². The van der Waals surface area contributed by atoms with Gasteiger partial charge in [0.25, 0.3) is 0 Å². The molecule has 200 valence electrons. The van der Waals surface area contributed by atoms with E-state index in [9.17, 15) is 0 Å². The summed E-state index contributed by atoms with van der Waals surface area (Å²) < 4.78 is 6.65. The normalized spacial score (nSPS) is 15.5. The molecular formula is C32H66O. The van der Waals surface area contributed by atoms with Gasteiger partial charge in [-0.3, -0.25) is 0 Å². The van der Waals surface area contributed by atoms with Gasteiger partial charge in [0.2, 0.25) is 0 Å². The summed E-state index contributed by atoms with van der Waals surface area (Å²) >= 11 is 0. The van der Waals surface area contributed by atoms with Crippen LogP contribution in [-0.4, -0.2) is 13.2 Å². The number of hydrogen-bond acceptors (Lipinski definition) is 1. The zero-order valence-corrected chi connectivity index (χ0v) is 24.3. The van der Waals surface area contributed by atoms with Crippen molar-refractivity contribution in [2.75, 3.05) is 13.2 Å². The van der Waals surface area contributed by atoms with Crippen LogP contribution in [0.15, 0.2) is 0 Å². The van der Waals surface area contributed by atoms with Gasteiger partial charge in [-0.2, -0.15) is 0 Å². The number of ether oxygens (including phenoxy) is 1. The lowest BCUT2D eigenvalue weighted by molar-refractivity contribution is 0.0271. The molecule has 0 aliphatic rings. The second-order valence-electron chi connectivity index (χ2n) is 11.1. The third-order valence-corrected chi connectivity index (χ3v) is 8.26. The van der Waals surface area contributed by atoms with Crippen molar-refractivity contribution in [3.8, 4) is 0 Å². The number of rotatable bonds is 26. The van der Waals surface area contributed by atoms with E-state index < -0.39 is 0 Å². The molecule has 0 aliphatic carbocycles. The van der Waals surface area contributed by atoms with Gasteiger partial charge in [-0.05, 0) is 36.5 Å². The van der Waals surface area contributed by atoms with Gasteiger partial charge in [0, 0.05) is 13.2 Å². The molecule has 0 amide bonds. The molecule has 0 bridgehead atoms. The van der Waals surface area contributed by atoms with Crippen LogP contribution in [0.4, 0.5) is 0 Å². The molecule has 0 saturated heterocycles. The lowest BCUT2D eigenvalue weighted by Gasteiger charge is -2.30. The molecule has 0 aromatic rings. The van der Waals surface area contributed by atoms with Crippen LogP contribution in [0.2, 0.25) is 0 Å². The largest absolute Gasteiger partial charge is 0.381 e. The molecule has 33 heavy (non-hydrogen) atoms. The summed E-state index contributed by atoms with van der Waals surface area (Å²) in [6, 6.07) is 0.